The molecule has 3 aromatic carbocycles. The lowest BCUT2D eigenvalue weighted by atomic mass is 10.1. The molecule has 1 nitrogen and oxygen atoms in total. The van der Waals surface area contributed by atoms with E-state index in [4.69, 9.17) is 23.2 Å². The van der Waals surface area contributed by atoms with E-state index in [-0.39, 0.29) is 5.78 Å². The van der Waals surface area contributed by atoms with E-state index >= 15 is 0 Å². The Balaban J connectivity index is 1.88. The summed E-state index contributed by atoms with van der Waals surface area (Å²) in [6.07, 6.45) is 3.30. The van der Waals surface area contributed by atoms with Crippen LogP contribution in [-0.2, 0) is 0 Å². The van der Waals surface area contributed by atoms with Gasteiger partial charge in [-0.3, -0.25) is 4.79 Å². The Labute approximate surface area is 138 Å². The molecule has 0 radical (unpaired) electrons. The van der Waals surface area contributed by atoms with Crippen molar-refractivity contribution < 1.29 is 4.79 Å². The van der Waals surface area contributed by atoms with Crippen molar-refractivity contribution in [2.75, 3.05) is 0 Å². The van der Waals surface area contributed by atoms with Gasteiger partial charge in [-0.2, -0.15) is 0 Å². The van der Waals surface area contributed by atoms with Crippen molar-refractivity contribution >= 4 is 45.8 Å². The highest BCUT2D eigenvalue weighted by atomic mass is 35.5. The standard InChI is InChI=1S/C19H12Cl2O/c20-16-8-9-18(21)17(12-16)19(22)10-6-13-5-7-14-3-1-2-4-15(14)11-13/h1-12H/b10-6+. The number of hydrogen-bond acceptors (Lipinski definition) is 1. The highest BCUT2D eigenvalue weighted by molar-refractivity contribution is 6.36. The van der Waals surface area contributed by atoms with Crippen LogP contribution >= 0.6 is 23.2 Å². The van der Waals surface area contributed by atoms with Crippen LogP contribution in [0, 0.1) is 0 Å². The molecule has 0 unspecified atom stereocenters. The second-order valence-corrected chi connectivity index (χ2v) is 5.77. The molecule has 3 rings (SSSR count). The molecule has 0 heterocycles. The van der Waals surface area contributed by atoms with E-state index in [0.29, 0.717) is 15.6 Å². The zero-order valence-electron chi connectivity index (χ0n) is 11.6. The molecule has 0 aliphatic carbocycles. The molecule has 0 bridgehead atoms. The number of benzene rings is 3. The quantitative estimate of drug-likeness (QED) is 0.423. The van der Waals surface area contributed by atoms with Gasteiger partial charge in [0.1, 0.15) is 0 Å². The van der Waals surface area contributed by atoms with E-state index in [2.05, 4.69) is 6.07 Å². The molecule has 22 heavy (non-hydrogen) atoms. The van der Waals surface area contributed by atoms with Crippen LogP contribution in [-0.4, -0.2) is 5.78 Å². The first-order valence-corrected chi connectivity index (χ1v) is 7.55. The number of rotatable bonds is 3. The molecule has 0 aliphatic rings. The van der Waals surface area contributed by atoms with Gasteiger partial charge in [0, 0.05) is 10.6 Å². The van der Waals surface area contributed by atoms with Crippen LogP contribution in [0.15, 0.2) is 66.7 Å². The summed E-state index contributed by atoms with van der Waals surface area (Å²) in [5, 5.41) is 3.20. The third-order valence-electron chi connectivity index (χ3n) is 3.39. The lowest BCUT2D eigenvalue weighted by molar-refractivity contribution is 0.104. The normalized spacial score (nSPS) is 11.2. The van der Waals surface area contributed by atoms with Crippen LogP contribution in [0.4, 0.5) is 0 Å². The number of ketones is 1. The third-order valence-corrected chi connectivity index (χ3v) is 3.96. The van der Waals surface area contributed by atoms with E-state index in [0.717, 1.165) is 10.9 Å². The first-order chi connectivity index (χ1) is 10.6. The second-order valence-electron chi connectivity index (χ2n) is 4.93. The van der Waals surface area contributed by atoms with Gasteiger partial charge < -0.3 is 0 Å². The van der Waals surface area contributed by atoms with Crippen LogP contribution in [0.25, 0.3) is 16.8 Å². The molecule has 0 aromatic heterocycles. The Morgan fingerprint density at radius 1 is 0.864 bits per heavy atom. The summed E-state index contributed by atoms with van der Waals surface area (Å²) >= 11 is 11.9. The van der Waals surface area contributed by atoms with Crippen molar-refractivity contribution in [3.63, 3.8) is 0 Å². The molecule has 0 spiro atoms. The fraction of sp³-hybridized carbons (Fsp3) is 0. The monoisotopic (exact) mass is 326 g/mol. The summed E-state index contributed by atoms with van der Waals surface area (Å²) in [4.78, 5) is 12.2. The van der Waals surface area contributed by atoms with Crippen molar-refractivity contribution in [2.24, 2.45) is 0 Å². The van der Waals surface area contributed by atoms with Gasteiger partial charge in [0.15, 0.2) is 5.78 Å². The van der Waals surface area contributed by atoms with Gasteiger partial charge in [-0.15, -0.1) is 0 Å². The summed E-state index contributed by atoms with van der Waals surface area (Å²) in [5.41, 5.74) is 1.37. The smallest absolute Gasteiger partial charge is 0.187 e. The van der Waals surface area contributed by atoms with Crippen LogP contribution in [0.5, 0.6) is 0 Å². The topological polar surface area (TPSA) is 17.1 Å². The highest BCUT2D eigenvalue weighted by Crippen LogP contribution is 2.22. The first-order valence-electron chi connectivity index (χ1n) is 6.80. The number of fused-ring (bicyclic) bond motifs is 1. The maximum absolute atomic E-state index is 12.2. The summed E-state index contributed by atoms with van der Waals surface area (Å²) < 4.78 is 0. The molecule has 3 heteroatoms. The Hall–Kier alpha value is -2.09. The minimum Gasteiger partial charge on any atom is -0.289 e. The molecule has 0 N–H and O–H groups in total. The van der Waals surface area contributed by atoms with E-state index in [1.807, 2.05) is 36.4 Å². The lowest BCUT2D eigenvalue weighted by Gasteiger charge is -2.01. The van der Waals surface area contributed by atoms with E-state index < -0.39 is 0 Å². The Bertz CT molecular complexity index is 881. The maximum Gasteiger partial charge on any atom is 0.187 e. The van der Waals surface area contributed by atoms with Crippen molar-refractivity contribution in [3.05, 3.63) is 87.9 Å². The minimum absolute atomic E-state index is 0.166. The fourth-order valence-electron chi connectivity index (χ4n) is 2.26. The van der Waals surface area contributed by atoms with Crippen molar-refractivity contribution in [2.45, 2.75) is 0 Å². The minimum atomic E-state index is -0.166. The summed E-state index contributed by atoms with van der Waals surface area (Å²) in [6, 6.07) is 19.0. The number of carbonyl (C=O) groups excluding carboxylic acids is 1. The highest BCUT2D eigenvalue weighted by Gasteiger charge is 2.08. The van der Waals surface area contributed by atoms with E-state index in [9.17, 15) is 4.79 Å². The molecular weight excluding hydrogens is 315 g/mol. The van der Waals surface area contributed by atoms with Crippen molar-refractivity contribution in [1.29, 1.82) is 0 Å². The Morgan fingerprint density at radius 3 is 2.45 bits per heavy atom. The largest absolute Gasteiger partial charge is 0.289 e. The average molecular weight is 327 g/mol. The zero-order valence-corrected chi connectivity index (χ0v) is 13.1. The molecule has 0 fully saturated rings. The first kappa shape index (κ1) is 14.8. The SMILES string of the molecule is O=C(/C=C/c1ccc2ccccc2c1)c1cc(Cl)ccc1Cl. The van der Waals surface area contributed by atoms with Gasteiger partial charge in [0.05, 0.1) is 5.02 Å². The van der Waals surface area contributed by atoms with Gasteiger partial charge in [-0.05, 0) is 46.7 Å². The number of carbonyl (C=O) groups is 1. The molecule has 0 atom stereocenters. The third kappa shape index (κ3) is 3.22. The average Bonchev–Trinajstić information content (AvgIpc) is 2.54. The second kappa shape index (κ2) is 6.35. The Kier molecular flexibility index (Phi) is 4.28. The summed E-state index contributed by atoms with van der Waals surface area (Å²) in [6.45, 7) is 0. The van der Waals surface area contributed by atoms with E-state index in [1.54, 1.807) is 24.3 Å². The zero-order chi connectivity index (χ0) is 15.5. The molecule has 3 aromatic rings. The van der Waals surface area contributed by atoms with Crippen molar-refractivity contribution in [1.82, 2.24) is 0 Å². The molecular formula is C19H12Cl2O. The van der Waals surface area contributed by atoms with Crippen LogP contribution in [0.3, 0.4) is 0 Å². The van der Waals surface area contributed by atoms with Gasteiger partial charge in [0.25, 0.3) is 0 Å². The molecule has 0 aliphatic heterocycles. The van der Waals surface area contributed by atoms with Gasteiger partial charge in [-0.1, -0.05) is 65.7 Å². The van der Waals surface area contributed by atoms with Crippen LogP contribution in [0.2, 0.25) is 10.0 Å². The molecule has 108 valence electrons. The number of halogens is 2. The van der Waals surface area contributed by atoms with Crippen molar-refractivity contribution in [3.8, 4) is 0 Å². The predicted molar refractivity (Wildman–Crippen MR) is 93.8 cm³/mol. The summed E-state index contributed by atoms with van der Waals surface area (Å²) in [5.74, 6) is -0.166. The lowest BCUT2D eigenvalue weighted by Crippen LogP contribution is -1.95. The predicted octanol–water partition coefficient (Wildman–Crippen LogP) is 6.04. The maximum atomic E-state index is 12.2. The molecule has 0 saturated heterocycles. The summed E-state index contributed by atoms with van der Waals surface area (Å²) in [7, 11) is 0. The molecule has 0 saturated carbocycles. The number of allylic oxidation sites excluding steroid dienone is 1. The van der Waals surface area contributed by atoms with Gasteiger partial charge in [-0.25, -0.2) is 0 Å². The van der Waals surface area contributed by atoms with Gasteiger partial charge >= 0.3 is 0 Å². The van der Waals surface area contributed by atoms with Crippen LogP contribution < -0.4 is 0 Å². The van der Waals surface area contributed by atoms with Gasteiger partial charge in [0.2, 0.25) is 0 Å². The Morgan fingerprint density at radius 2 is 1.64 bits per heavy atom. The van der Waals surface area contributed by atoms with Crippen LogP contribution in [0.1, 0.15) is 15.9 Å². The van der Waals surface area contributed by atoms with E-state index in [1.165, 1.54) is 11.5 Å². The number of hydrogen-bond donors (Lipinski definition) is 0. The fourth-order valence-corrected chi connectivity index (χ4v) is 2.64. The molecule has 0 amide bonds.